The molecule has 2 aromatic rings. The van der Waals surface area contributed by atoms with Crippen molar-refractivity contribution in [1.82, 2.24) is 25.5 Å². The molecule has 0 aliphatic carbocycles. The Bertz CT molecular complexity index is 669. The van der Waals surface area contributed by atoms with Gasteiger partial charge in [-0.3, -0.25) is 4.79 Å². The van der Waals surface area contributed by atoms with Crippen LogP contribution in [-0.2, 0) is 16.1 Å². The van der Waals surface area contributed by atoms with Gasteiger partial charge in [0.25, 0.3) is 0 Å². The number of nitrogens with two attached hydrogens (primary N) is 1. The molecule has 0 fully saturated rings. The quantitative estimate of drug-likeness (QED) is 0.675. The lowest BCUT2D eigenvalue weighted by atomic mass is 10.0. The normalized spacial score (nSPS) is 11.9. The number of benzene rings is 1. The molecule has 2 rings (SSSR count). The van der Waals surface area contributed by atoms with E-state index in [4.69, 9.17) is 5.73 Å². The van der Waals surface area contributed by atoms with Gasteiger partial charge in [-0.15, -0.1) is 0 Å². The number of carboxylic acids is 1. The summed E-state index contributed by atoms with van der Waals surface area (Å²) in [6, 6.07) is 5.76. The molecule has 1 heterocycles. The molecule has 1 atom stereocenters. The Balaban J connectivity index is 2.12. The van der Waals surface area contributed by atoms with Crippen molar-refractivity contribution in [2.24, 2.45) is 0 Å². The SMILES string of the molecule is Cc1cccc(C(NC(=O)Cn2nnnc2N)C(=O)O)c1. The van der Waals surface area contributed by atoms with Crippen molar-refractivity contribution < 1.29 is 14.7 Å². The first-order valence-electron chi connectivity index (χ1n) is 6.07. The predicted octanol–water partition coefficient (Wildman–Crippen LogP) is -0.494. The van der Waals surface area contributed by atoms with E-state index in [1.54, 1.807) is 18.2 Å². The molecule has 21 heavy (non-hydrogen) atoms. The number of hydrogen-bond acceptors (Lipinski definition) is 6. The Morgan fingerprint density at radius 1 is 1.48 bits per heavy atom. The highest BCUT2D eigenvalue weighted by molar-refractivity contribution is 5.84. The standard InChI is InChI=1S/C12H14N6O3/c1-7-3-2-4-8(5-7)10(11(20)21)14-9(19)6-18-12(13)15-16-17-18/h2-5,10H,6H2,1H3,(H,14,19)(H,20,21)(H2,13,15,17). The average Bonchev–Trinajstić information content (AvgIpc) is 2.81. The number of aryl methyl sites for hydroxylation is 1. The van der Waals surface area contributed by atoms with Crippen LogP contribution < -0.4 is 11.1 Å². The number of nitrogens with one attached hydrogen (secondary N) is 1. The number of carboxylic acid groups (broad SMARTS) is 1. The number of rotatable bonds is 5. The Morgan fingerprint density at radius 2 is 2.24 bits per heavy atom. The third kappa shape index (κ3) is 3.53. The fourth-order valence-corrected chi connectivity index (χ4v) is 1.80. The molecule has 4 N–H and O–H groups in total. The fraction of sp³-hybridized carbons (Fsp3) is 0.250. The minimum absolute atomic E-state index is 0.0208. The minimum atomic E-state index is -1.15. The van der Waals surface area contributed by atoms with Crippen LogP contribution in [0.4, 0.5) is 5.95 Å². The summed E-state index contributed by atoms with van der Waals surface area (Å²) in [5, 5.41) is 21.9. The van der Waals surface area contributed by atoms with Gasteiger partial charge in [-0.25, -0.2) is 9.48 Å². The highest BCUT2D eigenvalue weighted by Gasteiger charge is 2.22. The van der Waals surface area contributed by atoms with E-state index in [9.17, 15) is 14.7 Å². The molecule has 0 aliphatic rings. The van der Waals surface area contributed by atoms with Crippen molar-refractivity contribution in [3.8, 4) is 0 Å². The van der Waals surface area contributed by atoms with E-state index < -0.39 is 17.9 Å². The highest BCUT2D eigenvalue weighted by Crippen LogP contribution is 2.15. The summed E-state index contributed by atoms with van der Waals surface area (Å²) < 4.78 is 1.07. The zero-order valence-electron chi connectivity index (χ0n) is 11.2. The highest BCUT2D eigenvalue weighted by atomic mass is 16.4. The lowest BCUT2D eigenvalue weighted by Gasteiger charge is -2.15. The molecule has 0 saturated carbocycles. The summed E-state index contributed by atoms with van der Waals surface area (Å²) in [6.45, 7) is 1.58. The van der Waals surface area contributed by atoms with E-state index in [1.165, 1.54) is 0 Å². The summed E-state index contributed by atoms with van der Waals surface area (Å²) >= 11 is 0. The monoisotopic (exact) mass is 290 g/mol. The topological polar surface area (TPSA) is 136 Å². The van der Waals surface area contributed by atoms with Crippen molar-refractivity contribution in [2.75, 3.05) is 5.73 Å². The van der Waals surface area contributed by atoms with Gasteiger partial charge in [-0.1, -0.05) is 34.9 Å². The fourth-order valence-electron chi connectivity index (χ4n) is 1.80. The predicted molar refractivity (Wildman–Crippen MR) is 71.9 cm³/mol. The second-order valence-corrected chi connectivity index (χ2v) is 4.45. The molecule has 9 nitrogen and oxygen atoms in total. The van der Waals surface area contributed by atoms with Crippen LogP contribution in [0.15, 0.2) is 24.3 Å². The average molecular weight is 290 g/mol. The molecule has 9 heteroatoms. The second kappa shape index (κ2) is 5.99. The molecule has 1 unspecified atom stereocenters. The zero-order valence-corrected chi connectivity index (χ0v) is 11.2. The van der Waals surface area contributed by atoms with Crippen LogP contribution in [0.5, 0.6) is 0 Å². The first kappa shape index (κ1) is 14.4. The number of aliphatic carboxylic acids is 1. The van der Waals surface area contributed by atoms with Gasteiger partial charge in [0.1, 0.15) is 6.54 Å². The number of carbonyl (C=O) groups excluding carboxylic acids is 1. The largest absolute Gasteiger partial charge is 0.479 e. The molecule has 1 aromatic carbocycles. The van der Waals surface area contributed by atoms with Crippen LogP contribution in [0, 0.1) is 6.92 Å². The van der Waals surface area contributed by atoms with Crippen molar-refractivity contribution in [3.05, 3.63) is 35.4 Å². The maximum Gasteiger partial charge on any atom is 0.330 e. The number of nitrogens with zero attached hydrogens (tertiary/aromatic N) is 4. The van der Waals surface area contributed by atoms with E-state index in [0.717, 1.165) is 10.2 Å². The number of anilines is 1. The van der Waals surface area contributed by atoms with Gasteiger partial charge in [0, 0.05) is 0 Å². The Morgan fingerprint density at radius 3 is 2.81 bits per heavy atom. The molecule has 0 bridgehead atoms. The van der Waals surface area contributed by atoms with Crippen LogP contribution in [0.2, 0.25) is 0 Å². The smallest absolute Gasteiger partial charge is 0.330 e. The number of tetrazole rings is 1. The van der Waals surface area contributed by atoms with Gasteiger partial charge in [0.15, 0.2) is 6.04 Å². The van der Waals surface area contributed by atoms with Crippen molar-refractivity contribution in [3.63, 3.8) is 0 Å². The van der Waals surface area contributed by atoms with E-state index >= 15 is 0 Å². The van der Waals surface area contributed by atoms with Gasteiger partial charge < -0.3 is 16.2 Å². The van der Waals surface area contributed by atoms with Crippen LogP contribution in [-0.4, -0.2) is 37.2 Å². The summed E-state index contributed by atoms with van der Waals surface area (Å²) in [7, 11) is 0. The molecule has 1 amide bonds. The summed E-state index contributed by atoms with van der Waals surface area (Å²) in [4.78, 5) is 23.2. The molecule has 1 aromatic heterocycles. The van der Waals surface area contributed by atoms with Crippen molar-refractivity contribution >= 4 is 17.8 Å². The van der Waals surface area contributed by atoms with Gasteiger partial charge in [-0.2, -0.15) is 0 Å². The van der Waals surface area contributed by atoms with Gasteiger partial charge in [-0.05, 0) is 22.9 Å². The first-order chi connectivity index (χ1) is 9.97. The minimum Gasteiger partial charge on any atom is -0.479 e. The van der Waals surface area contributed by atoms with Crippen LogP contribution >= 0.6 is 0 Å². The van der Waals surface area contributed by atoms with E-state index in [0.29, 0.717) is 5.56 Å². The van der Waals surface area contributed by atoms with Crippen LogP contribution in [0.1, 0.15) is 17.2 Å². The Hall–Kier alpha value is -2.97. The summed E-state index contributed by atoms with van der Waals surface area (Å²) in [6.07, 6.45) is 0. The first-order valence-corrected chi connectivity index (χ1v) is 6.07. The van der Waals surface area contributed by atoms with E-state index in [1.807, 2.05) is 13.0 Å². The van der Waals surface area contributed by atoms with Gasteiger partial charge in [0.05, 0.1) is 0 Å². The number of aromatic nitrogens is 4. The number of carbonyl (C=O) groups is 2. The van der Waals surface area contributed by atoms with E-state index in [-0.39, 0.29) is 12.5 Å². The number of amides is 1. The molecule has 0 radical (unpaired) electrons. The summed E-state index contributed by atoms with van der Waals surface area (Å²) in [5.41, 5.74) is 6.83. The summed E-state index contributed by atoms with van der Waals surface area (Å²) in [5.74, 6) is -1.73. The molecular formula is C12H14N6O3. The lowest BCUT2D eigenvalue weighted by Crippen LogP contribution is -2.36. The van der Waals surface area contributed by atoms with Gasteiger partial charge in [0.2, 0.25) is 11.9 Å². The molecule has 0 saturated heterocycles. The maximum atomic E-state index is 11.9. The number of nitrogen functional groups attached to an aromatic ring is 1. The van der Waals surface area contributed by atoms with E-state index in [2.05, 4.69) is 20.8 Å². The van der Waals surface area contributed by atoms with Crippen molar-refractivity contribution in [2.45, 2.75) is 19.5 Å². The molecule has 110 valence electrons. The lowest BCUT2D eigenvalue weighted by molar-refractivity contribution is -0.142. The Labute approximate surface area is 119 Å². The molecule has 0 spiro atoms. The molecule has 0 aliphatic heterocycles. The zero-order chi connectivity index (χ0) is 15.4. The molecular weight excluding hydrogens is 276 g/mol. The van der Waals surface area contributed by atoms with Crippen LogP contribution in [0.25, 0.3) is 0 Å². The maximum absolute atomic E-state index is 11.9. The second-order valence-electron chi connectivity index (χ2n) is 4.45. The van der Waals surface area contributed by atoms with Crippen molar-refractivity contribution in [1.29, 1.82) is 0 Å². The Kier molecular flexibility index (Phi) is 4.12. The third-order valence-corrected chi connectivity index (χ3v) is 2.78. The van der Waals surface area contributed by atoms with Gasteiger partial charge >= 0.3 is 5.97 Å². The third-order valence-electron chi connectivity index (χ3n) is 2.78. The number of hydrogen-bond donors (Lipinski definition) is 3. The van der Waals surface area contributed by atoms with Crippen LogP contribution in [0.3, 0.4) is 0 Å².